The standard InChI is InChI=1S/C20H31N3O3S.HI/c1-19(2,27(4,24)25)14-22-18(21-3)23-16-13-20(11-7-8-12-20)26-17-10-6-5-9-15(16)17;/h5-6,9-10,16H,7-8,11-14H2,1-4H3,(H2,21,22,23);1H. The van der Waals surface area contributed by atoms with Gasteiger partial charge in [-0.1, -0.05) is 18.2 Å². The van der Waals surface area contributed by atoms with Gasteiger partial charge in [0.15, 0.2) is 15.8 Å². The summed E-state index contributed by atoms with van der Waals surface area (Å²) in [7, 11) is -1.46. The van der Waals surface area contributed by atoms with Gasteiger partial charge in [-0.25, -0.2) is 8.42 Å². The maximum Gasteiger partial charge on any atom is 0.191 e. The molecule has 1 aromatic carbocycles. The summed E-state index contributed by atoms with van der Waals surface area (Å²) in [5.74, 6) is 1.55. The summed E-state index contributed by atoms with van der Waals surface area (Å²) in [5, 5.41) is 6.69. The van der Waals surface area contributed by atoms with E-state index in [0.717, 1.165) is 30.6 Å². The van der Waals surface area contributed by atoms with Gasteiger partial charge in [0.1, 0.15) is 11.4 Å². The number of sulfone groups is 1. The van der Waals surface area contributed by atoms with Crippen LogP contribution >= 0.6 is 24.0 Å². The van der Waals surface area contributed by atoms with Gasteiger partial charge in [-0.2, -0.15) is 0 Å². The van der Waals surface area contributed by atoms with E-state index < -0.39 is 14.6 Å². The third-order valence-corrected chi connectivity index (χ3v) is 8.08. The molecule has 28 heavy (non-hydrogen) atoms. The van der Waals surface area contributed by atoms with Crippen molar-refractivity contribution in [2.24, 2.45) is 4.99 Å². The average Bonchev–Trinajstić information content (AvgIpc) is 3.04. The summed E-state index contributed by atoms with van der Waals surface area (Å²) in [6, 6.07) is 8.23. The predicted octanol–water partition coefficient (Wildman–Crippen LogP) is 3.43. The fourth-order valence-electron chi connectivity index (χ4n) is 3.86. The van der Waals surface area contributed by atoms with E-state index in [1.165, 1.54) is 19.1 Å². The summed E-state index contributed by atoms with van der Waals surface area (Å²) in [4.78, 5) is 4.31. The Labute approximate surface area is 185 Å². The van der Waals surface area contributed by atoms with Crippen molar-refractivity contribution < 1.29 is 13.2 Å². The van der Waals surface area contributed by atoms with Crippen LogP contribution in [0.1, 0.15) is 57.6 Å². The summed E-state index contributed by atoms with van der Waals surface area (Å²) in [6.45, 7) is 3.74. The number of rotatable bonds is 4. The molecule has 0 bridgehead atoms. The Bertz CT molecular complexity index is 818. The Hall–Kier alpha value is -1.03. The Morgan fingerprint density at radius 2 is 1.93 bits per heavy atom. The van der Waals surface area contributed by atoms with Gasteiger partial charge in [0.05, 0.1) is 10.8 Å². The van der Waals surface area contributed by atoms with E-state index in [9.17, 15) is 8.42 Å². The molecule has 1 fully saturated rings. The average molecular weight is 521 g/mol. The zero-order valence-electron chi connectivity index (χ0n) is 17.1. The summed E-state index contributed by atoms with van der Waals surface area (Å²) in [5.41, 5.74) is 1.03. The molecule has 1 atom stereocenters. The van der Waals surface area contributed by atoms with Gasteiger partial charge in [0.2, 0.25) is 0 Å². The smallest absolute Gasteiger partial charge is 0.191 e. The van der Waals surface area contributed by atoms with Crippen molar-refractivity contribution in [3.8, 4) is 5.75 Å². The van der Waals surface area contributed by atoms with Gasteiger partial charge in [-0.3, -0.25) is 4.99 Å². The molecule has 158 valence electrons. The highest BCUT2D eigenvalue weighted by atomic mass is 127. The molecule has 1 heterocycles. The van der Waals surface area contributed by atoms with Gasteiger partial charge in [-0.15, -0.1) is 24.0 Å². The van der Waals surface area contributed by atoms with Crippen LogP contribution in [0.3, 0.4) is 0 Å². The van der Waals surface area contributed by atoms with Crippen molar-refractivity contribution >= 4 is 39.8 Å². The minimum atomic E-state index is -3.17. The number of halogens is 1. The van der Waals surface area contributed by atoms with Gasteiger partial charge in [0.25, 0.3) is 0 Å². The molecular weight excluding hydrogens is 489 g/mol. The van der Waals surface area contributed by atoms with Crippen LogP contribution in [0.15, 0.2) is 29.3 Å². The number of hydrogen-bond donors (Lipinski definition) is 2. The number of nitrogens with zero attached hydrogens (tertiary/aromatic N) is 1. The van der Waals surface area contributed by atoms with Gasteiger partial charge >= 0.3 is 0 Å². The molecule has 0 radical (unpaired) electrons. The third-order valence-electron chi connectivity index (χ3n) is 5.93. The lowest BCUT2D eigenvalue weighted by Gasteiger charge is -2.40. The predicted molar refractivity (Wildman–Crippen MR) is 124 cm³/mol. The van der Waals surface area contributed by atoms with Crippen molar-refractivity contribution in [1.82, 2.24) is 10.6 Å². The largest absolute Gasteiger partial charge is 0.487 e. The van der Waals surface area contributed by atoms with Crippen molar-refractivity contribution in [1.29, 1.82) is 0 Å². The summed E-state index contributed by atoms with van der Waals surface area (Å²) in [6.07, 6.45) is 6.71. The molecule has 1 spiro atoms. The number of benzene rings is 1. The molecule has 0 saturated heterocycles. The molecule has 2 aliphatic rings. The second-order valence-electron chi connectivity index (χ2n) is 8.39. The van der Waals surface area contributed by atoms with Crippen LogP contribution in [-0.2, 0) is 9.84 Å². The molecule has 3 rings (SSSR count). The van der Waals surface area contributed by atoms with Crippen molar-refractivity contribution in [3.05, 3.63) is 29.8 Å². The zero-order valence-corrected chi connectivity index (χ0v) is 20.3. The normalized spacial score (nSPS) is 21.4. The Kier molecular flexibility index (Phi) is 7.28. The number of nitrogens with one attached hydrogen (secondary N) is 2. The maximum absolute atomic E-state index is 12.0. The van der Waals surface area contributed by atoms with Crippen molar-refractivity contribution in [2.75, 3.05) is 19.8 Å². The van der Waals surface area contributed by atoms with E-state index in [-0.39, 0.29) is 35.6 Å². The number of aliphatic imine (C=N–C) groups is 1. The molecule has 1 aliphatic heterocycles. The lowest BCUT2D eigenvalue weighted by molar-refractivity contribution is 0.0396. The van der Waals surface area contributed by atoms with E-state index in [1.807, 2.05) is 18.2 Å². The summed E-state index contributed by atoms with van der Waals surface area (Å²) < 4.78 is 29.5. The lowest BCUT2D eigenvalue weighted by atomic mass is 9.86. The second-order valence-corrected chi connectivity index (χ2v) is 11.0. The van der Waals surface area contributed by atoms with Crippen LogP contribution < -0.4 is 15.4 Å². The molecule has 1 aliphatic carbocycles. The van der Waals surface area contributed by atoms with E-state index in [1.54, 1.807) is 20.9 Å². The second kappa shape index (κ2) is 8.77. The monoisotopic (exact) mass is 521 g/mol. The van der Waals surface area contributed by atoms with E-state index in [2.05, 4.69) is 21.7 Å². The maximum atomic E-state index is 12.0. The highest BCUT2D eigenvalue weighted by Crippen LogP contribution is 2.46. The first-order chi connectivity index (χ1) is 12.7. The van der Waals surface area contributed by atoms with Crippen molar-refractivity contribution in [3.63, 3.8) is 0 Å². The van der Waals surface area contributed by atoms with Crippen LogP contribution in [0.4, 0.5) is 0 Å². The number of para-hydroxylation sites is 1. The lowest BCUT2D eigenvalue weighted by Crippen LogP contribution is -2.50. The molecule has 8 heteroatoms. The minimum Gasteiger partial charge on any atom is -0.487 e. The first kappa shape index (κ1) is 23.3. The molecule has 1 unspecified atom stereocenters. The highest BCUT2D eigenvalue weighted by molar-refractivity contribution is 14.0. The van der Waals surface area contributed by atoms with E-state index in [4.69, 9.17) is 4.74 Å². The Morgan fingerprint density at radius 1 is 1.29 bits per heavy atom. The SMILES string of the molecule is CN=C(NCC(C)(C)S(C)(=O)=O)NC1CC2(CCCC2)Oc2ccccc21.I. The van der Waals surface area contributed by atoms with Crippen LogP contribution in [0.25, 0.3) is 0 Å². The number of hydrogen-bond acceptors (Lipinski definition) is 4. The quantitative estimate of drug-likeness (QED) is 0.361. The van der Waals surface area contributed by atoms with Gasteiger partial charge in [0, 0.05) is 31.8 Å². The molecule has 6 nitrogen and oxygen atoms in total. The van der Waals surface area contributed by atoms with Crippen LogP contribution in [0.2, 0.25) is 0 Å². The van der Waals surface area contributed by atoms with Crippen LogP contribution in [0, 0.1) is 0 Å². The van der Waals surface area contributed by atoms with Gasteiger partial charge in [-0.05, 0) is 45.6 Å². The third kappa shape index (κ3) is 4.93. The van der Waals surface area contributed by atoms with Crippen LogP contribution in [0.5, 0.6) is 5.75 Å². The number of guanidine groups is 1. The molecule has 0 amide bonds. The topological polar surface area (TPSA) is 79.8 Å². The van der Waals surface area contributed by atoms with Gasteiger partial charge < -0.3 is 15.4 Å². The molecular formula is C20H32IN3O3S. The van der Waals surface area contributed by atoms with Crippen molar-refractivity contribution in [2.45, 2.75) is 62.3 Å². The molecule has 2 N–H and O–H groups in total. The van der Waals surface area contributed by atoms with Crippen LogP contribution in [-0.4, -0.2) is 44.6 Å². The molecule has 1 saturated carbocycles. The first-order valence-corrected chi connectivity index (χ1v) is 11.5. The van der Waals surface area contributed by atoms with E-state index >= 15 is 0 Å². The fourth-order valence-corrected chi connectivity index (χ4v) is 4.19. The Balaban J connectivity index is 0.00000280. The highest BCUT2D eigenvalue weighted by Gasteiger charge is 2.43. The minimum absolute atomic E-state index is 0. The first-order valence-electron chi connectivity index (χ1n) is 9.61. The molecule has 1 aromatic rings. The number of ether oxygens (including phenoxy) is 1. The Morgan fingerprint density at radius 3 is 2.54 bits per heavy atom. The molecule has 0 aromatic heterocycles. The summed E-state index contributed by atoms with van der Waals surface area (Å²) >= 11 is 0. The number of fused-ring (bicyclic) bond motifs is 1. The van der Waals surface area contributed by atoms with E-state index in [0.29, 0.717) is 12.5 Å². The fraction of sp³-hybridized carbons (Fsp3) is 0.650. The zero-order chi connectivity index (χ0) is 19.7.